The molecule has 0 spiro atoms. The molecule has 4 aromatic rings. The lowest BCUT2D eigenvalue weighted by atomic mass is 10.3. The molecule has 0 saturated carbocycles. The SMILES string of the molecule is CC(Sc1ncnc2ccsc12)c1nc(N)nc(Nc2ccccc2)n1. The van der Waals surface area contributed by atoms with E-state index in [4.69, 9.17) is 5.73 Å². The van der Waals surface area contributed by atoms with Gasteiger partial charge in [-0.05, 0) is 30.5 Å². The standard InChI is InChI=1S/C17H15N7S2/c1-10(26-15-13-12(7-8-25-13)19-9-20-15)14-22-16(18)24-17(23-14)21-11-5-3-2-4-6-11/h2-10H,1H3,(H3,18,21,22,23,24). The van der Waals surface area contributed by atoms with Gasteiger partial charge >= 0.3 is 0 Å². The number of hydrogen-bond acceptors (Lipinski definition) is 9. The lowest BCUT2D eigenvalue weighted by molar-refractivity contribution is 0.893. The third-order valence-corrected chi connectivity index (χ3v) is 5.70. The van der Waals surface area contributed by atoms with E-state index in [-0.39, 0.29) is 11.2 Å². The molecule has 3 N–H and O–H groups in total. The minimum absolute atomic E-state index is 0.0446. The highest BCUT2D eigenvalue weighted by Gasteiger charge is 2.17. The number of benzene rings is 1. The predicted octanol–water partition coefficient (Wildman–Crippen LogP) is 4.06. The number of hydrogen-bond donors (Lipinski definition) is 2. The van der Waals surface area contributed by atoms with Gasteiger partial charge in [0.25, 0.3) is 0 Å². The number of fused-ring (bicyclic) bond motifs is 1. The Kier molecular flexibility index (Phi) is 4.63. The number of nitrogen functional groups attached to an aromatic ring is 1. The van der Waals surface area contributed by atoms with Gasteiger partial charge in [-0.3, -0.25) is 0 Å². The number of rotatable bonds is 5. The fourth-order valence-corrected chi connectivity index (χ4v) is 4.25. The van der Waals surface area contributed by atoms with E-state index in [1.54, 1.807) is 29.4 Å². The molecule has 9 heteroatoms. The van der Waals surface area contributed by atoms with Gasteiger partial charge in [-0.1, -0.05) is 30.0 Å². The molecule has 1 aromatic carbocycles. The molecule has 0 bridgehead atoms. The number of nitrogens with one attached hydrogen (secondary N) is 1. The highest BCUT2D eigenvalue weighted by Crippen LogP contribution is 2.37. The smallest absolute Gasteiger partial charge is 0.232 e. The maximum atomic E-state index is 5.88. The molecule has 0 amide bonds. The number of thiophene rings is 1. The summed E-state index contributed by atoms with van der Waals surface area (Å²) in [5.74, 6) is 1.21. The first kappa shape index (κ1) is 16.7. The van der Waals surface area contributed by atoms with Crippen molar-refractivity contribution in [2.24, 2.45) is 0 Å². The summed E-state index contributed by atoms with van der Waals surface area (Å²) in [7, 11) is 0. The molecule has 0 fully saturated rings. The Balaban J connectivity index is 1.59. The van der Waals surface area contributed by atoms with E-state index in [1.807, 2.05) is 48.7 Å². The van der Waals surface area contributed by atoms with Crippen LogP contribution in [-0.4, -0.2) is 24.9 Å². The molecular weight excluding hydrogens is 366 g/mol. The van der Waals surface area contributed by atoms with E-state index in [0.29, 0.717) is 11.8 Å². The topological polar surface area (TPSA) is 102 Å². The van der Waals surface area contributed by atoms with Crippen LogP contribution in [0.3, 0.4) is 0 Å². The number of aromatic nitrogens is 5. The number of para-hydroxylation sites is 1. The average molecular weight is 381 g/mol. The monoisotopic (exact) mass is 381 g/mol. The predicted molar refractivity (Wildman–Crippen MR) is 106 cm³/mol. The van der Waals surface area contributed by atoms with Gasteiger partial charge in [0.1, 0.15) is 17.2 Å². The summed E-state index contributed by atoms with van der Waals surface area (Å²) < 4.78 is 1.06. The summed E-state index contributed by atoms with van der Waals surface area (Å²) in [6.45, 7) is 2.02. The van der Waals surface area contributed by atoms with E-state index in [2.05, 4.69) is 30.2 Å². The quantitative estimate of drug-likeness (QED) is 0.394. The van der Waals surface area contributed by atoms with Crippen LogP contribution >= 0.6 is 23.1 Å². The lowest BCUT2D eigenvalue weighted by Gasteiger charge is -2.12. The van der Waals surface area contributed by atoms with Crippen LogP contribution in [0, 0.1) is 0 Å². The summed E-state index contributed by atoms with van der Waals surface area (Å²) >= 11 is 3.20. The zero-order valence-electron chi connectivity index (χ0n) is 13.8. The van der Waals surface area contributed by atoms with Gasteiger partial charge in [0, 0.05) is 5.69 Å². The largest absolute Gasteiger partial charge is 0.368 e. The molecule has 3 aromatic heterocycles. The molecule has 1 unspecified atom stereocenters. The van der Waals surface area contributed by atoms with Crippen molar-refractivity contribution in [1.82, 2.24) is 24.9 Å². The van der Waals surface area contributed by atoms with E-state index in [9.17, 15) is 0 Å². The van der Waals surface area contributed by atoms with Crippen LogP contribution in [0.5, 0.6) is 0 Å². The Morgan fingerprint density at radius 3 is 2.77 bits per heavy atom. The van der Waals surface area contributed by atoms with Crippen molar-refractivity contribution in [3.63, 3.8) is 0 Å². The first-order valence-corrected chi connectivity index (χ1v) is 9.63. The maximum absolute atomic E-state index is 5.88. The highest BCUT2D eigenvalue weighted by atomic mass is 32.2. The Bertz CT molecular complexity index is 1040. The molecular formula is C17H15N7S2. The summed E-state index contributed by atoms with van der Waals surface area (Å²) in [5, 5.41) is 6.03. The average Bonchev–Trinajstić information content (AvgIpc) is 3.12. The third kappa shape index (κ3) is 3.58. The molecule has 7 nitrogen and oxygen atoms in total. The van der Waals surface area contributed by atoms with Gasteiger partial charge in [-0.2, -0.15) is 15.0 Å². The lowest BCUT2D eigenvalue weighted by Crippen LogP contribution is -2.08. The zero-order valence-corrected chi connectivity index (χ0v) is 15.5. The number of nitrogens with zero attached hydrogens (tertiary/aromatic N) is 5. The van der Waals surface area contributed by atoms with Gasteiger partial charge in [-0.15, -0.1) is 11.3 Å². The number of thioether (sulfide) groups is 1. The normalized spacial score (nSPS) is 12.2. The van der Waals surface area contributed by atoms with E-state index < -0.39 is 0 Å². The van der Waals surface area contributed by atoms with Crippen LogP contribution in [0.4, 0.5) is 17.6 Å². The molecule has 0 saturated heterocycles. The van der Waals surface area contributed by atoms with E-state index >= 15 is 0 Å². The summed E-state index contributed by atoms with van der Waals surface area (Å²) in [4.78, 5) is 21.7. The second kappa shape index (κ2) is 7.22. The van der Waals surface area contributed by atoms with Gasteiger partial charge in [0.2, 0.25) is 11.9 Å². The first-order chi connectivity index (χ1) is 12.7. The van der Waals surface area contributed by atoms with Gasteiger partial charge in [0.05, 0.1) is 15.5 Å². The minimum atomic E-state index is -0.0446. The number of anilines is 3. The van der Waals surface area contributed by atoms with Crippen LogP contribution in [0.15, 0.2) is 53.1 Å². The van der Waals surface area contributed by atoms with E-state index in [0.717, 1.165) is 20.9 Å². The van der Waals surface area contributed by atoms with Gasteiger partial charge in [0.15, 0.2) is 0 Å². The third-order valence-electron chi connectivity index (χ3n) is 3.56. The molecule has 0 aliphatic rings. The maximum Gasteiger partial charge on any atom is 0.232 e. The highest BCUT2D eigenvalue weighted by molar-refractivity contribution is 7.99. The second-order valence-corrected chi connectivity index (χ2v) is 7.69. The molecule has 0 aliphatic heterocycles. The number of nitrogens with two attached hydrogens (primary N) is 1. The van der Waals surface area contributed by atoms with Crippen LogP contribution in [0.2, 0.25) is 0 Å². The van der Waals surface area contributed by atoms with Crippen molar-refractivity contribution in [2.45, 2.75) is 17.2 Å². The van der Waals surface area contributed by atoms with Crippen LogP contribution < -0.4 is 11.1 Å². The fourth-order valence-electron chi connectivity index (χ4n) is 2.37. The zero-order chi connectivity index (χ0) is 17.9. The van der Waals surface area contributed by atoms with Crippen molar-refractivity contribution >= 4 is 50.9 Å². The van der Waals surface area contributed by atoms with Crippen molar-refractivity contribution in [1.29, 1.82) is 0 Å². The van der Waals surface area contributed by atoms with Gasteiger partial charge in [-0.25, -0.2) is 9.97 Å². The molecule has 0 aliphatic carbocycles. The van der Waals surface area contributed by atoms with Gasteiger partial charge < -0.3 is 11.1 Å². The van der Waals surface area contributed by atoms with Crippen LogP contribution in [-0.2, 0) is 0 Å². The molecule has 130 valence electrons. The Morgan fingerprint density at radius 2 is 1.92 bits per heavy atom. The Hall–Kier alpha value is -2.78. The Labute approximate surface area is 158 Å². The molecule has 3 heterocycles. The molecule has 1 atom stereocenters. The minimum Gasteiger partial charge on any atom is -0.368 e. The summed E-state index contributed by atoms with van der Waals surface area (Å²) in [6.07, 6.45) is 1.58. The van der Waals surface area contributed by atoms with Crippen molar-refractivity contribution < 1.29 is 0 Å². The first-order valence-electron chi connectivity index (χ1n) is 7.87. The summed E-state index contributed by atoms with van der Waals surface area (Å²) in [6, 6.07) is 11.7. The van der Waals surface area contributed by atoms with Crippen LogP contribution in [0.1, 0.15) is 18.0 Å². The molecule has 0 radical (unpaired) electrons. The summed E-state index contributed by atoms with van der Waals surface area (Å²) in [5.41, 5.74) is 7.72. The second-order valence-electron chi connectivity index (χ2n) is 5.44. The Morgan fingerprint density at radius 1 is 1.08 bits per heavy atom. The van der Waals surface area contributed by atoms with Crippen molar-refractivity contribution in [2.75, 3.05) is 11.1 Å². The van der Waals surface area contributed by atoms with E-state index in [1.165, 1.54) is 0 Å². The molecule has 26 heavy (non-hydrogen) atoms. The van der Waals surface area contributed by atoms with Crippen LogP contribution in [0.25, 0.3) is 10.2 Å². The van der Waals surface area contributed by atoms with Crippen molar-refractivity contribution in [3.05, 3.63) is 53.9 Å². The van der Waals surface area contributed by atoms with Crippen molar-refractivity contribution in [3.8, 4) is 0 Å². The molecule has 4 rings (SSSR count). The fraction of sp³-hybridized carbons (Fsp3) is 0.118.